The summed E-state index contributed by atoms with van der Waals surface area (Å²) in [6.45, 7) is -0.743. The second-order valence-electron chi connectivity index (χ2n) is 10.1. The minimum absolute atomic E-state index is 0.00995. The molecule has 5 rings (SSSR count). The van der Waals surface area contributed by atoms with Crippen LogP contribution in [0.15, 0.2) is 108 Å². The van der Waals surface area contributed by atoms with Crippen molar-refractivity contribution in [3.8, 4) is 28.7 Å². The van der Waals surface area contributed by atoms with Crippen LogP contribution in [0.3, 0.4) is 0 Å². The van der Waals surface area contributed by atoms with E-state index >= 15 is 0 Å². The number of nitrogens with zero attached hydrogens (tertiary/aromatic N) is 1. The lowest BCUT2D eigenvalue weighted by molar-refractivity contribution is 0.0953. The van der Waals surface area contributed by atoms with Gasteiger partial charge in [0, 0.05) is 22.3 Å². The molecular formula is C36H29F3N2O6. The molecule has 11 heteroatoms. The molecule has 5 aromatic rings. The first kappa shape index (κ1) is 32.4. The summed E-state index contributed by atoms with van der Waals surface area (Å²) in [4.78, 5) is 13.3. The minimum atomic E-state index is -0.681. The molecule has 0 bridgehead atoms. The summed E-state index contributed by atoms with van der Waals surface area (Å²) in [6, 6.07) is 25.2. The van der Waals surface area contributed by atoms with Gasteiger partial charge in [-0.15, -0.1) is 0 Å². The summed E-state index contributed by atoms with van der Waals surface area (Å²) in [5.74, 6) is -2.10. The molecule has 2 N–H and O–H groups in total. The lowest BCUT2D eigenvalue weighted by atomic mass is 10.1. The number of carbonyl (C=O) groups excluding carboxylic acids is 1. The molecule has 47 heavy (non-hydrogen) atoms. The monoisotopic (exact) mass is 642 g/mol. The zero-order valence-electron chi connectivity index (χ0n) is 25.1. The zero-order chi connectivity index (χ0) is 33.2. The van der Waals surface area contributed by atoms with Crippen molar-refractivity contribution >= 4 is 12.1 Å². The number of rotatable bonds is 13. The number of benzene rings is 5. The number of halogens is 3. The third-order valence-electron chi connectivity index (χ3n) is 6.88. The number of nitrogens with one attached hydrogen (secondary N) is 1. The number of phenols is 1. The molecule has 0 aliphatic heterocycles. The highest BCUT2D eigenvalue weighted by Crippen LogP contribution is 2.41. The third-order valence-corrected chi connectivity index (χ3v) is 6.88. The molecule has 0 spiro atoms. The standard InChI is InChI=1S/C36H29F3N2O6/c1-44-32-16-23(14-15-31(32)42)19-40-41-36(43)27-17-33(45-20-24-8-2-5-11-28(24)37)35(47-22-26-10-4-7-13-30(26)39)34(18-27)46-21-25-9-3-6-12-29(25)38/h2-19,42H,20-22H2,1H3,(H,41,43)/b40-19+. The van der Waals surface area contributed by atoms with Crippen molar-refractivity contribution in [2.45, 2.75) is 19.8 Å². The predicted molar refractivity (Wildman–Crippen MR) is 168 cm³/mol. The minimum Gasteiger partial charge on any atom is -0.504 e. The molecule has 0 unspecified atom stereocenters. The third kappa shape index (κ3) is 8.40. The van der Waals surface area contributed by atoms with Crippen molar-refractivity contribution in [2.24, 2.45) is 5.10 Å². The van der Waals surface area contributed by atoms with Crippen molar-refractivity contribution in [1.82, 2.24) is 5.43 Å². The van der Waals surface area contributed by atoms with Gasteiger partial charge in [0.15, 0.2) is 23.0 Å². The van der Waals surface area contributed by atoms with Crippen LogP contribution in [0.5, 0.6) is 28.7 Å². The topological polar surface area (TPSA) is 98.6 Å². The average Bonchev–Trinajstić information content (AvgIpc) is 3.08. The summed E-state index contributed by atoms with van der Waals surface area (Å²) >= 11 is 0. The normalized spacial score (nSPS) is 10.9. The molecule has 0 saturated heterocycles. The van der Waals surface area contributed by atoms with Crippen molar-refractivity contribution in [3.63, 3.8) is 0 Å². The van der Waals surface area contributed by atoms with Gasteiger partial charge in [-0.25, -0.2) is 18.6 Å². The Morgan fingerprint density at radius 3 is 1.68 bits per heavy atom. The Kier molecular flexibility index (Phi) is 10.6. The molecule has 0 radical (unpaired) electrons. The molecule has 0 fully saturated rings. The van der Waals surface area contributed by atoms with Crippen LogP contribution >= 0.6 is 0 Å². The van der Waals surface area contributed by atoms with E-state index in [1.807, 2.05) is 0 Å². The Labute approximate surface area is 268 Å². The second-order valence-corrected chi connectivity index (χ2v) is 10.1. The maximum atomic E-state index is 14.5. The fourth-order valence-electron chi connectivity index (χ4n) is 4.38. The van der Waals surface area contributed by atoms with E-state index in [1.165, 1.54) is 80.1 Å². The molecule has 240 valence electrons. The fraction of sp³-hybridized carbons (Fsp3) is 0.111. The van der Waals surface area contributed by atoms with E-state index in [-0.39, 0.29) is 70.8 Å². The van der Waals surface area contributed by atoms with E-state index < -0.39 is 23.4 Å². The van der Waals surface area contributed by atoms with Gasteiger partial charge in [-0.2, -0.15) is 5.10 Å². The second kappa shape index (κ2) is 15.3. The van der Waals surface area contributed by atoms with Crippen molar-refractivity contribution in [2.75, 3.05) is 7.11 Å². The molecular weight excluding hydrogens is 613 g/mol. The maximum absolute atomic E-state index is 14.5. The van der Waals surface area contributed by atoms with Crippen LogP contribution in [0.4, 0.5) is 13.2 Å². The highest BCUT2D eigenvalue weighted by molar-refractivity contribution is 5.96. The van der Waals surface area contributed by atoms with Gasteiger partial charge in [0.05, 0.1) is 13.3 Å². The van der Waals surface area contributed by atoms with E-state index in [0.29, 0.717) is 5.56 Å². The number of ether oxygens (including phenoxy) is 4. The number of carbonyl (C=O) groups is 1. The first-order valence-corrected chi connectivity index (χ1v) is 14.3. The Morgan fingerprint density at radius 2 is 1.19 bits per heavy atom. The molecule has 0 aliphatic rings. The summed E-state index contributed by atoms with van der Waals surface area (Å²) in [5, 5.41) is 13.8. The van der Waals surface area contributed by atoms with Crippen LogP contribution in [0.25, 0.3) is 0 Å². The SMILES string of the molecule is COc1cc(/C=N/NC(=O)c2cc(OCc3ccccc3F)c(OCc3ccccc3F)c(OCc3ccccc3F)c2)ccc1O. The number of phenolic OH excluding ortho intramolecular Hbond substituents is 1. The molecule has 0 aliphatic carbocycles. The maximum Gasteiger partial charge on any atom is 0.271 e. The molecule has 0 saturated carbocycles. The van der Waals surface area contributed by atoms with Crippen molar-refractivity contribution in [3.05, 3.63) is 148 Å². The Bertz CT molecular complexity index is 1830. The highest BCUT2D eigenvalue weighted by Gasteiger charge is 2.21. The number of methoxy groups -OCH3 is 1. The van der Waals surface area contributed by atoms with Crippen LogP contribution in [-0.4, -0.2) is 24.3 Å². The lowest BCUT2D eigenvalue weighted by Crippen LogP contribution is -2.18. The van der Waals surface area contributed by atoms with Gasteiger partial charge in [-0.1, -0.05) is 54.6 Å². The van der Waals surface area contributed by atoms with Crippen molar-refractivity contribution in [1.29, 1.82) is 0 Å². The number of hydrogen-bond donors (Lipinski definition) is 2. The largest absolute Gasteiger partial charge is 0.504 e. The van der Waals surface area contributed by atoms with E-state index in [0.717, 1.165) is 0 Å². The van der Waals surface area contributed by atoms with E-state index in [9.17, 15) is 23.1 Å². The van der Waals surface area contributed by atoms with Crippen LogP contribution < -0.4 is 24.4 Å². The average molecular weight is 643 g/mol. The van der Waals surface area contributed by atoms with Gasteiger partial charge in [-0.05, 0) is 54.1 Å². The number of aromatic hydroxyl groups is 1. The van der Waals surface area contributed by atoms with E-state index in [1.54, 1.807) is 36.4 Å². The summed E-state index contributed by atoms with van der Waals surface area (Å²) in [5.41, 5.74) is 3.63. The Balaban J connectivity index is 1.49. The summed E-state index contributed by atoms with van der Waals surface area (Å²) in [6.07, 6.45) is 1.34. The number of hydrazone groups is 1. The molecule has 8 nitrogen and oxygen atoms in total. The Morgan fingerprint density at radius 1 is 0.702 bits per heavy atom. The molecule has 5 aromatic carbocycles. The van der Waals surface area contributed by atoms with Gasteiger partial charge in [-0.3, -0.25) is 4.79 Å². The van der Waals surface area contributed by atoms with Crippen LogP contribution in [0.2, 0.25) is 0 Å². The zero-order valence-corrected chi connectivity index (χ0v) is 25.1. The molecule has 0 aromatic heterocycles. The van der Waals surface area contributed by atoms with Gasteiger partial charge < -0.3 is 24.1 Å². The lowest BCUT2D eigenvalue weighted by Gasteiger charge is -2.19. The molecule has 1 amide bonds. The predicted octanol–water partition coefficient (Wildman–Crippen LogP) is 7.32. The van der Waals surface area contributed by atoms with Gasteiger partial charge in [0.1, 0.15) is 37.3 Å². The Hall–Kier alpha value is -5.97. The van der Waals surface area contributed by atoms with E-state index in [2.05, 4.69) is 10.5 Å². The van der Waals surface area contributed by atoms with Gasteiger partial charge >= 0.3 is 0 Å². The molecule has 0 heterocycles. The first-order valence-electron chi connectivity index (χ1n) is 14.3. The number of hydrogen-bond acceptors (Lipinski definition) is 7. The van der Waals surface area contributed by atoms with Crippen LogP contribution in [0, 0.1) is 17.5 Å². The smallest absolute Gasteiger partial charge is 0.271 e. The quantitative estimate of drug-likeness (QED) is 0.103. The van der Waals surface area contributed by atoms with Crippen LogP contribution in [0.1, 0.15) is 32.6 Å². The summed E-state index contributed by atoms with van der Waals surface area (Å²) in [7, 11) is 1.40. The van der Waals surface area contributed by atoms with Crippen LogP contribution in [-0.2, 0) is 19.8 Å². The van der Waals surface area contributed by atoms with Crippen molar-refractivity contribution < 1.29 is 42.0 Å². The summed E-state index contributed by atoms with van der Waals surface area (Å²) < 4.78 is 66.5. The van der Waals surface area contributed by atoms with E-state index in [4.69, 9.17) is 18.9 Å². The highest BCUT2D eigenvalue weighted by atomic mass is 19.1. The van der Waals surface area contributed by atoms with Gasteiger partial charge in [0.25, 0.3) is 5.91 Å². The fourth-order valence-corrected chi connectivity index (χ4v) is 4.38. The van der Waals surface area contributed by atoms with Gasteiger partial charge in [0.2, 0.25) is 5.75 Å². The first-order chi connectivity index (χ1) is 22.8. The molecule has 0 atom stereocenters. The number of amides is 1.